The zero-order valence-electron chi connectivity index (χ0n) is 37.5. The summed E-state index contributed by atoms with van der Waals surface area (Å²) in [5.74, 6) is -4.66. The van der Waals surface area contributed by atoms with Crippen LogP contribution in [0.5, 0.6) is 0 Å². The molecule has 58 heavy (non-hydrogen) atoms. The number of amides is 1. The van der Waals surface area contributed by atoms with Crippen LogP contribution >= 0.6 is 0 Å². The second kappa shape index (κ2) is 20.6. The maximum absolute atomic E-state index is 14.4. The van der Waals surface area contributed by atoms with Gasteiger partial charge in [0.1, 0.15) is 29.2 Å². The number of ether oxygens (including phenoxy) is 8. The first-order chi connectivity index (χ1) is 26.9. The number of carbonyl (C=O) groups is 3. The van der Waals surface area contributed by atoms with Crippen molar-refractivity contribution in [1.29, 1.82) is 0 Å². The van der Waals surface area contributed by atoms with E-state index in [1.54, 1.807) is 48.5 Å². The highest BCUT2D eigenvalue weighted by atomic mass is 16.7. The summed E-state index contributed by atoms with van der Waals surface area (Å²) in [7, 11) is 6.74. The van der Waals surface area contributed by atoms with Crippen LogP contribution in [-0.2, 0) is 47.5 Å². The topological polar surface area (TPSA) is 201 Å². The van der Waals surface area contributed by atoms with Gasteiger partial charge in [0.2, 0.25) is 0 Å². The Morgan fingerprint density at radius 2 is 1.52 bits per heavy atom. The van der Waals surface area contributed by atoms with Crippen molar-refractivity contribution in [2.75, 3.05) is 28.3 Å². The lowest BCUT2D eigenvalue weighted by Gasteiger charge is -2.50. The molecule has 0 saturated carbocycles. The highest BCUT2D eigenvalue weighted by Gasteiger charge is 2.55. The van der Waals surface area contributed by atoms with E-state index in [4.69, 9.17) is 37.9 Å². The van der Waals surface area contributed by atoms with Crippen LogP contribution in [0.1, 0.15) is 108 Å². The maximum atomic E-state index is 14.4. The van der Waals surface area contributed by atoms with Crippen LogP contribution in [0.15, 0.2) is 4.99 Å². The number of likely N-dealkylation sites (N-methyl/N-ethyl adjacent to an activating group) is 1. The average molecular weight is 831 g/mol. The smallest absolute Gasteiger partial charge is 0.433 e. The van der Waals surface area contributed by atoms with Crippen LogP contribution in [0.3, 0.4) is 0 Å². The third-order valence-corrected chi connectivity index (χ3v) is 12.8. The highest BCUT2D eigenvalue weighted by molar-refractivity contribution is 5.83. The van der Waals surface area contributed by atoms with Crippen LogP contribution in [0.4, 0.5) is 4.79 Å². The van der Waals surface area contributed by atoms with Crippen LogP contribution in [0.2, 0.25) is 0 Å². The number of cyclic esters (lactones) is 1. The first kappa shape index (κ1) is 50.2. The Morgan fingerprint density at radius 1 is 0.914 bits per heavy atom. The number of rotatable bonds is 10. The normalized spacial score (nSPS) is 45.2. The molecule has 3 fully saturated rings. The van der Waals surface area contributed by atoms with Gasteiger partial charge in [-0.25, -0.2) is 4.79 Å². The van der Waals surface area contributed by atoms with E-state index >= 15 is 0 Å². The molecular weight excluding hydrogens is 756 g/mol. The summed E-state index contributed by atoms with van der Waals surface area (Å²) in [5.41, 5.74) is -4.40. The predicted octanol–water partition coefficient (Wildman–Crippen LogP) is 4.06. The Kier molecular flexibility index (Phi) is 17.9. The summed E-state index contributed by atoms with van der Waals surface area (Å²) < 4.78 is 50.3. The number of carbonyl (C=O) groups excluding carboxylic acids is 3. The van der Waals surface area contributed by atoms with Gasteiger partial charge in [0.25, 0.3) is 0 Å². The van der Waals surface area contributed by atoms with Gasteiger partial charge in [-0.1, -0.05) is 34.6 Å². The minimum atomic E-state index is -1.99. The van der Waals surface area contributed by atoms with E-state index in [2.05, 4.69) is 4.99 Å². The molecule has 0 radical (unpaired) electrons. The van der Waals surface area contributed by atoms with E-state index in [0.717, 1.165) is 0 Å². The summed E-state index contributed by atoms with van der Waals surface area (Å²) in [6, 6.07) is -0.308. The summed E-state index contributed by atoms with van der Waals surface area (Å²) >= 11 is 0. The third-order valence-electron chi connectivity index (χ3n) is 12.8. The zero-order chi connectivity index (χ0) is 44.1. The molecule has 3 N–H and O–H groups in total. The van der Waals surface area contributed by atoms with Crippen molar-refractivity contribution in [3.63, 3.8) is 0 Å². The summed E-state index contributed by atoms with van der Waals surface area (Å²) in [6.07, 6.45) is -7.95. The minimum absolute atomic E-state index is 0.0652. The van der Waals surface area contributed by atoms with E-state index in [9.17, 15) is 29.7 Å². The van der Waals surface area contributed by atoms with Gasteiger partial charge in [-0.2, -0.15) is 4.99 Å². The average Bonchev–Trinajstić information content (AvgIpc) is 3.17. The standard InChI is InChI=1S/C42H74N2O14/c1-16-18-43-39(49)58-36-27(8)54-30(21-41(36,10)52-15)56-33-25(6)35(57-38-32(46)28(44(12)13)19-23(4)53-38)40(9,51-14)20-22(3)31(45)24(5)34(47)42(11,50)29(17-2)55-37(48)26(33)7/h18,22-30,32-36,38,46-47,50H,16-17,19-21H2,1-15H3/b43-18-/t22-,23-,24+,25+,26-,27+,28+,29-,30+,32-,33+,34-,35-,36+,38+,40-,41-,42-/m1/s1. The van der Waals surface area contributed by atoms with Gasteiger partial charge in [0.15, 0.2) is 18.7 Å². The fourth-order valence-corrected chi connectivity index (χ4v) is 9.10. The van der Waals surface area contributed by atoms with Gasteiger partial charge in [0, 0.05) is 50.7 Å². The lowest BCUT2D eigenvalue weighted by molar-refractivity contribution is -0.319. The van der Waals surface area contributed by atoms with Gasteiger partial charge in [0.05, 0.1) is 42.0 Å². The Bertz CT molecular complexity index is 1400. The van der Waals surface area contributed by atoms with E-state index in [-0.39, 0.29) is 37.2 Å². The van der Waals surface area contributed by atoms with Crippen molar-refractivity contribution in [1.82, 2.24) is 4.90 Å². The molecule has 0 aromatic rings. The molecule has 3 rings (SSSR count). The molecule has 3 heterocycles. The number of hydrogen-bond acceptors (Lipinski definition) is 15. The molecule has 16 heteroatoms. The lowest BCUT2D eigenvalue weighted by Crippen LogP contribution is -2.61. The van der Waals surface area contributed by atoms with Gasteiger partial charge >= 0.3 is 12.1 Å². The monoisotopic (exact) mass is 831 g/mol. The number of esters is 1. The molecule has 336 valence electrons. The molecule has 0 aromatic carbocycles. The minimum Gasteiger partial charge on any atom is -0.459 e. The van der Waals surface area contributed by atoms with Gasteiger partial charge in [-0.15, -0.1) is 0 Å². The number of aliphatic imine (C=N–C) groups is 1. The van der Waals surface area contributed by atoms with Crippen molar-refractivity contribution in [3.05, 3.63) is 0 Å². The van der Waals surface area contributed by atoms with E-state index in [1.807, 2.05) is 39.8 Å². The summed E-state index contributed by atoms with van der Waals surface area (Å²) in [5, 5.41) is 34.9. The third kappa shape index (κ3) is 11.2. The lowest BCUT2D eigenvalue weighted by atomic mass is 9.74. The fourth-order valence-electron chi connectivity index (χ4n) is 9.10. The second-order valence-corrected chi connectivity index (χ2v) is 17.7. The van der Waals surface area contributed by atoms with Crippen LogP contribution in [0.25, 0.3) is 0 Å². The Hall–Kier alpha value is -2.12. The predicted molar refractivity (Wildman–Crippen MR) is 214 cm³/mol. The molecule has 0 aromatic heterocycles. The van der Waals surface area contributed by atoms with Crippen LogP contribution in [-0.4, -0.2) is 157 Å². The molecule has 3 saturated heterocycles. The molecule has 0 aliphatic carbocycles. The number of Topliss-reactive ketones (excluding diaryl/α,β-unsaturated/α-hetero) is 1. The quantitative estimate of drug-likeness (QED) is 0.210. The number of methoxy groups -OCH3 is 2. The summed E-state index contributed by atoms with van der Waals surface area (Å²) in [4.78, 5) is 46.8. The molecule has 3 aliphatic rings. The first-order valence-corrected chi connectivity index (χ1v) is 20.9. The molecular formula is C42H74N2O14. The Morgan fingerprint density at radius 3 is 2.07 bits per heavy atom. The van der Waals surface area contributed by atoms with Crippen molar-refractivity contribution >= 4 is 24.1 Å². The number of hydrogen-bond donors (Lipinski definition) is 3. The molecule has 3 aliphatic heterocycles. The van der Waals surface area contributed by atoms with Crippen LogP contribution < -0.4 is 0 Å². The zero-order valence-corrected chi connectivity index (χ0v) is 37.5. The highest BCUT2D eigenvalue weighted by Crippen LogP contribution is 2.42. The summed E-state index contributed by atoms with van der Waals surface area (Å²) in [6.45, 7) is 18.8. The molecule has 0 spiro atoms. The Balaban J connectivity index is 2.21. The fraction of sp³-hybridized carbons (Fsp3) is 0.905. The van der Waals surface area contributed by atoms with Gasteiger partial charge in [-0.3, -0.25) is 9.59 Å². The second-order valence-electron chi connectivity index (χ2n) is 17.7. The maximum Gasteiger partial charge on any atom is 0.433 e. The molecule has 0 unspecified atom stereocenters. The SMILES string of the molecule is CC/C=N\C(=O)O[C@H]1[C@H](C)O[C@@H](O[C@H]2[C@H](C)[C@@H](O[C@@H]3O[C@H](C)C[C@H](N(C)C)[C@H]3O)[C@](C)(OC)C[C@@H](C)C(=O)[C@H](C)[C@@H](O)[C@](C)(O)[C@@H](CC)OC(=O)[C@@H]2C)C[C@@]1(C)OC. The van der Waals surface area contributed by atoms with E-state index in [0.29, 0.717) is 12.8 Å². The number of aliphatic hydroxyl groups is 3. The van der Waals surface area contributed by atoms with E-state index in [1.165, 1.54) is 27.4 Å². The first-order valence-electron chi connectivity index (χ1n) is 20.9. The van der Waals surface area contributed by atoms with Crippen LogP contribution in [0, 0.1) is 23.7 Å². The Labute approximate surface area is 345 Å². The number of nitrogens with zero attached hydrogens (tertiary/aromatic N) is 2. The molecule has 1 amide bonds. The van der Waals surface area contributed by atoms with Crippen molar-refractivity contribution in [3.8, 4) is 0 Å². The van der Waals surface area contributed by atoms with Crippen molar-refractivity contribution in [2.45, 2.75) is 193 Å². The van der Waals surface area contributed by atoms with Gasteiger partial charge < -0.3 is 58.1 Å². The van der Waals surface area contributed by atoms with E-state index < -0.39 is 108 Å². The largest absolute Gasteiger partial charge is 0.459 e. The van der Waals surface area contributed by atoms with Crippen molar-refractivity contribution < 1.29 is 67.6 Å². The molecule has 0 bridgehead atoms. The van der Waals surface area contributed by atoms with Crippen molar-refractivity contribution in [2.24, 2.45) is 28.7 Å². The van der Waals surface area contributed by atoms with Gasteiger partial charge in [-0.05, 0) is 81.3 Å². The number of ketones is 1. The molecule has 18 atom stereocenters. The number of aliphatic hydroxyl groups excluding tert-OH is 2. The molecule has 16 nitrogen and oxygen atoms in total.